The van der Waals surface area contributed by atoms with Crippen molar-refractivity contribution in [1.29, 1.82) is 0 Å². The van der Waals surface area contributed by atoms with Gasteiger partial charge < -0.3 is 14.2 Å². The standard InChI is InChI=1S/C61H96O6/c1-4-7-10-13-16-19-22-24-26-28-30-32-34-36-39-41-44-47-50-53-59(62)65-56-58(67-61(64)55-52-49-46-43-38-21-18-15-12-9-6-3)57-66-60(63)54-51-48-45-42-40-37-35-33-31-29-27-25-23-20-17-14-11-8-5-2/h7,10,16-17,19-20,24-27,30-33,36-37,39-40,44-45,47-48,58H,4-6,8-9,11-15,18,21-23,28-29,34-35,38,41-43,46,49-57H2,1-3H3/b10-7-,19-16-,20-17-,26-24-,27-25-,32-30-,33-31-,39-36-,40-37-,47-44-,48-45-/t58-/m1/s1. The maximum Gasteiger partial charge on any atom is 0.306 e. The lowest BCUT2D eigenvalue weighted by Gasteiger charge is -2.18. The summed E-state index contributed by atoms with van der Waals surface area (Å²) < 4.78 is 16.7. The summed E-state index contributed by atoms with van der Waals surface area (Å²) in [5, 5.41) is 0. The predicted molar refractivity (Wildman–Crippen MR) is 288 cm³/mol. The third-order valence-corrected chi connectivity index (χ3v) is 10.7. The van der Waals surface area contributed by atoms with Crippen LogP contribution in [0.5, 0.6) is 0 Å². The molecule has 67 heavy (non-hydrogen) atoms. The molecule has 0 heterocycles. The van der Waals surface area contributed by atoms with Crippen molar-refractivity contribution in [2.75, 3.05) is 13.2 Å². The maximum absolute atomic E-state index is 12.8. The van der Waals surface area contributed by atoms with E-state index in [0.29, 0.717) is 19.3 Å². The number of rotatable bonds is 46. The number of hydrogen-bond acceptors (Lipinski definition) is 6. The highest BCUT2D eigenvalue weighted by Crippen LogP contribution is 2.13. The molecule has 6 heteroatoms. The Labute approximate surface area is 411 Å². The van der Waals surface area contributed by atoms with Crippen LogP contribution in [0.4, 0.5) is 0 Å². The van der Waals surface area contributed by atoms with Crippen LogP contribution in [0.15, 0.2) is 134 Å². The molecule has 0 aliphatic carbocycles. The zero-order valence-corrected chi connectivity index (χ0v) is 42.9. The van der Waals surface area contributed by atoms with Crippen LogP contribution in [0.1, 0.15) is 213 Å². The Morgan fingerprint density at radius 1 is 0.313 bits per heavy atom. The van der Waals surface area contributed by atoms with E-state index >= 15 is 0 Å². The first-order valence-corrected chi connectivity index (χ1v) is 26.7. The van der Waals surface area contributed by atoms with Gasteiger partial charge in [0, 0.05) is 19.3 Å². The molecular formula is C61H96O6. The molecule has 0 aromatic rings. The smallest absolute Gasteiger partial charge is 0.306 e. The summed E-state index contributed by atoms with van der Waals surface area (Å²) in [5.74, 6) is -1.11. The van der Waals surface area contributed by atoms with Gasteiger partial charge in [0.25, 0.3) is 0 Å². The molecule has 1 atom stereocenters. The van der Waals surface area contributed by atoms with E-state index in [1.54, 1.807) is 0 Å². The van der Waals surface area contributed by atoms with Gasteiger partial charge in [-0.25, -0.2) is 0 Å². The van der Waals surface area contributed by atoms with Crippen molar-refractivity contribution in [2.24, 2.45) is 0 Å². The second-order valence-corrected chi connectivity index (χ2v) is 17.1. The number of allylic oxidation sites excluding steroid dienone is 22. The SMILES string of the molecule is CC/C=C\C/C=C\C/C=C\C/C=C\C/C=C\C/C=C\CCC(=O)OC[C@H](COC(=O)CC/C=C\C/C=C\C/C=C\C/C=C\C/C=C\CCCCC)OC(=O)CCCCCCCCCCCCC. The van der Waals surface area contributed by atoms with Crippen LogP contribution in [0.25, 0.3) is 0 Å². The first-order chi connectivity index (χ1) is 33.0. The minimum absolute atomic E-state index is 0.144. The van der Waals surface area contributed by atoms with Crippen molar-refractivity contribution in [3.05, 3.63) is 134 Å². The molecule has 0 spiro atoms. The van der Waals surface area contributed by atoms with Gasteiger partial charge >= 0.3 is 17.9 Å². The summed E-state index contributed by atoms with van der Waals surface area (Å²) in [5.41, 5.74) is 0. The van der Waals surface area contributed by atoms with Crippen molar-refractivity contribution in [3.8, 4) is 0 Å². The first kappa shape index (κ1) is 62.5. The topological polar surface area (TPSA) is 78.9 Å². The molecular weight excluding hydrogens is 829 g/mol. The first-order valence-electron chi connectivity index (χ1n) is 26.7. The van der Waals surface area contributed by atoms with E-state index in [1.165, 1.54) is 77.0 Å². The van der Waals surface area contributed by atoms with Gasteiger partial charge in [0.15, 0.2) is 6.10 Å². The Kier molecular flexibility index (Phi) is 50.6. The normalized spacial score (nSPS) is 13.2. The van der Waals surface area contributed by atoms with Crippen molar-refractivity contribution in [2.45, 2.75) is 219 Å². The second-order valence-electron chi connectivity index (χ2n) is 17.1. The molecule has 0 aromatic heterocycles. The molecule has 0 bridgehead atoms. The average Bonchev–Trinajstić information content (AvgIpc) is 3.33. The van der Waals surface area contributed by atoms with Crippen molar-refractivity contribution < 1.29 is 28.6 Å². The van der Waals surface area contributed by atoms with E-state index < -0.39 is 6.10 Å². The number of carbonyl (C=O) groups is 3. The van der Waals surface area contributed by atoms with Gasteiger partial charge in [-0.05, 0) is 96.3 Å². The van der Waals surface area contributed by atoms with Crippen molar-refractivity contribution in [3.63, 3.8) is 0 Å². The Bertz CT molecular complexity index is 1480. The van der Waals surface area contributed by atoms with E-state index in [4.69, 9.17) is 14.2 Å². The molecule has 0 aliphatic rings. The Morgan fingerprint density at radius 3 is 0.970 bits per heavy atom. The zero-order chi connectivity index (χ0) is 48.6. The van der Waals surface area contributed by atoms with E-state index in [9.17, 15) is 14.4 Å². The number of ether oxygens (including phenoxy) is 3. The Balaban J connectivity index is 4.59. The molecule has 0 amide bonds. The van der Waals surface area contributed by atoms with E-state index in [-0.39, 0.29) is 44.0 Å². The molecule has 0 saturated carbocycles. The molecule has 0 N–H and O–H groups in total. The average molecular weight is 925 g/mol. The van der Waals surface area contributed by atoms with E-state index in [0.717, 1.165) is 83.5 Å². The van der Waals surface area contributed by atoms with Crippen LogP contribution >= 0.6 is 0 Å². The summed E-state index contributed by atoms with van der Waals surface area (Å²) >= 11 is 0. The quantitative estimate of drug-likeness (QED) is 0.0262. The Morgan fingerprint density at radius 2 is 0.612 bits per heavy atom. The largest absolute Gasteiger partial charge is 0.462 e. The summed E-state index contributed by atoms with van der Waals surface area (Å²) in [7, 11) is 0. The summed E-state index contributed by atoms with van der Waals surface area (Å²) in [6, 6.07) is 0. The van der Waals surface area contributed by atoms with Crippen LogP contribution < -0.4 is 0 Å². The van der Waals surface area contributed by atoms with Crippen LogP contribution in [0.3, 0.4) is 0 Å². The molecule has 0 fully saturated rings. The fourth-order valence-electron chi connectivity index (χ4n) is 6.68. The minimum atomic E-state index is -0.841. The monoisotopic (exact) mass is 925 g/mol. The second kappa shape index (κ2) is 54.2. The van der Waals surface area contributed by atoms with E-state index in [2.05, 4.69) is 130 Å². The number of unbranched alkanes of at least 4 members (excludes halogenated alkanes) is 13. The Hall–Kier alpha value is -4.45. The molecule has 376 valence electrons. The maximum atomic E-state index is 12.8. The lowest BCUT2D eigenvalue weighted by molar-refractivity contribution is -0.166. The fraction of sp³-hybridized carbons (Fsp3) is 0.590. The molecule has 0 unspecified atom stereocenters. The number of carbonyl (C=O) groups excluding carboxylic acids is 3. The zero-order valence-electron chi connectivity index (χ0n) is 42.9. The predicted octanol–water partition coefficient (Wildman–Crippen LogP) is 17.9. The van der Waals surface area contributed by atoms with Crippen LogP contribution in [0, 0.1) is 0 Å². The lowest BCUT2D eigenvalue weighted by atomic mass is 10.1. The number of esters is 3. The summed E-state index contributed by atoms with van der Waals surface area (Å²) in [6.45, 7) is 6.34. The van der Waals surface area contributed by atoms with Gasteiger partial charge in [0.1, 0.15) is 13.2 Å². The molecule has 0 aliphatic heterocycles. The van der Waals surface area contributed by atoms with Gasteiger partial charge in [-0.15, -0.1) is 0 Å². The molecule has 0 rings (SSSR count). The molecule has 0 aromatic carbocycles. The van der Waals surface area contributed by atoms with E-state index in [1.807, 2.05) is 24.3 Å². The lowest BCUT2D eigenvalue weighted by Crippen LogP contribution is -2.30. The fourth-order valence-corrected chi connectivity index (χ4v) is 6.68. The van der Waals surface area contributed by atoms with Crippen LogP contribution in [0.2, 0.25) is 0 Å². The number of hydrogen-bond donors (Lipinski definition) is 0. The van der Waals surface area contributed by atoms with Gasteiger partial charge in [0.05, 0.1) is 0 Å². The highest BCUT2D eigenvalue weighted by molar-refractivity contribution is 5.71. The van der Waals surface area contributed by atoms with Gasteiger partial charge in [-0.1, -0.05) is 231 Å². The van der Waals surface area contributed by atoms with Gasteiger partial charge in [-0.2, -0.15) is 0 Å². The van der Waals surface area contributed by atoms with Crippen LogP contribution in [-0.2, 0) is 28.6 Å². The van der Waals surface area contributed by atoms with Gasteiger partial charge in [0.2, 0.25) is 0 Å². The highest BCUT2D eigenvalue weighted by Gasteiger charge is 2.19. The third-order valence-electron chi connectivity index (χ3n) is 10.7. The molecule has 0 radical (unpaired) electrons. The highest BCUT2D eigenvalue weighted by atomic mass is 16.6. The summed E-state index contributed by atoms with van der Waals surface area (Å²) in [6.07, 6.45) is 76.0. The van der Waals surface area contributed by atoms with Gasteiger partial charge in [-0.3, -0.25) is 14.4 Å². The third kappa shape index (κ3) is 52.4. The minimum Gasteiger partial charge on any atom is -0.462 e. The molecule has 6 nitrogen and oxygen atoms in total. The van der Waals surface area contributed by atoms with Crippen LogP contribution in [-0.4, -0.2) is 37.2 Å². The molecule has 0 saturated heterocycles. The van der Waals surface area contributed by atoms with Crippen molar-refractivity contribution in [1.82, 2.24) is 0 Å². The summed E-state index contributed by atoms with van der Waals surface area (Å²) in [4.78, 5) is 37.9. The van der Waals surface area contributed by atoms with Crippen molar-refractivity contribution >= 4 is 17.9 Å².